The van der Waals surface area contributed by atoms with Crippen LogP contribution in [-0.4, -0.2) is 25.3 Å². The Balaban J connectivity index is 2.22. The van der Waals surface area contributed by atoms with E-state index in [4.69, 9.17) is 4.74 Å². The second-order valence-electron chi connectivity index (χ2n) is 8.56. The van der Waals surface area contributed by atoms with Gasteiger partial charge in [-0.1, -0.05) is 75.5 Å². The highest BCUT2D eigenvalue weighted by atomic mass is 28.3. The van der Waals surface area contributed by atoms with E-state index in [0.29, 0.717) is 0 Å². The Hall–Kier alpha value is -1.13. The van der Waals surface area contributed by atoms with E-state index < -0.39 is 8.07 Å². The number of esters is 1. The van der Waals surface area contributed by atoms with Crippen LogP contribution in [0.4, 0.5) is 0 Å². The van der Waals surface area contributed by atoms with Gasteiger partial charge in [-0.15, -0.1) is 0 Å². The zero-order valence-corrected chi connectivity index (χ0v) is 18.0. The van der Waals surface area contributed by atoms with E-state index in [9.17, 15) is 9.90 Å². The molecule has 1 aromatic carbocycles. The van der Waals surface area contributed by atoms with Gasteiger partial charge in [-0.25, -0.2) is 0 Å². The van der Waals surface area contributed by atoms with E-state index in [2.05, 4.69) is 38.2 Å². The van der Waals surface area contributed by atoms with Crippen LogP contribution in [0.2, 0.25) is 19.1 Å². The lowest BCUT2D eigenvalue weighted by Crippen LogP contribution is -2.41. The number of rotatable bonds is 8. The summed E-state index contributed by atoms with van der Waals surface area (Å²) < 4.78 is 5.61. The number of aliphatic hydroxyl groups is 1. The van der Waals surface area contributed by atoms with Crippen molar-refractivity contribution in [2.75, 3.05) is 0 Å². The maximum atomic E-state index is 11.7. The number of ether oxygens (including phenoxy) is 1. The number of carbonyl (C=O) groups is 1. The van der Waals surface area contributed by atoms with Gasteiger partial charge in [-0.05, 0) is 36.8 Å². The number of hydrogen-bond donors (Lipinski definition) is 1. The lowest BCUT2D eigenvalue weighted by atomic mass is 9.82. The van der Waals surface area contributed by atoms with Crippen molar-refractivity contribution in [3.05, 3.63) is 23.8 Å². The lowest BCUT2D eigenvalue weighted by Gasteiger charge is -2.29. The molecule has 0 spiro atoms. The van der Waals surface area contributed by atoms with E-state index in [0.717, 1.165) is 37.0 Å². The third kappa shape index (κ3) is 5.95. The molecule has 0 heterocycles. The van der Waals surface area contributed by atoms with Gasteiger partial charge >= 0.3 is 5.97 Å². The Morgan fingerprint density at radius 2 is 2.00 bits per heavy atom. The van der Waals surface area contributed by atoms with Crippen LogP contribution in [0.25, 0.3) is 0 Å². The summed E-state index contributed by atoms with van der Waals surface area (Å²) in [5.41, 5.74) is 1.10. The van der Waals surface area contributed by atoms with Gasteiger partial charge in [-0.2, -0.15) is 0 Å². The molecule has 1 saturated carbocycles. The van der Waals surface area contributed by atoms with Gasteiger partial charge in [0, 0.05) is 6.92 Å². The molecule has 0 radical (unpaired) electrons. The fourth-order valence-corrected chi connectivity index (χ4v) is 6.60. The van der Waals surface area contributed by atoms with Crippen molar-refractivity contribution >= 4 is 19.2 Å². The van der Waals surface area contributed by atoms with Crippen molar-refractivity contribution in [1.82, 2.24) is 0 Å². The van der Waals surface area contributed by atoms with Gasteiger partial charge < -0.3 is 9.84 Å². The highest BCUT2D eigenvalue weighted by Crippen LogP contribution is 2.37. The Morgan fingerprint density at radius 3 is 2.65 bits per heavy atom. The normalized spacial score (nSPS) is 20.8. The highest BCUT2D eigenvalue weighted by Gasteiger charge is 2.28. The zero-order valence-electron chi connectivity index (χ0n) is 17.0. The fourth-order valence-electron chi connectivity index (χ4n) is 4.12. The molecule has 0 saturated heterocycles. The molecule has 2 atom stereocenters. The van der Waals surface area contributed by atoms with Crippen LogP contribution in [0.15, 0.2) is 18.2 Å². The quantitative estimate of drug-likeness (QED) is 0.296. The standard InChI is InChI=1S/C22H36O3Si/c1-5-6-7-8-14-26(3,4)20-12-13-21(22(16-20)25-17(2)23)18-10-9-11-19(24)15-18/h12-13,16,18-19,24H,5-11,14-15H2,1-4H3. The molecule has 1 fully saturated rings. The highest BCUT2D eigenvalue weighted by molar-refractivity contribution is 6.89. The number of aliphatic hydroxyl groups excluding tert-OH is 1. The molecule has 1 aliphatic rings. The Morgan fingerprint density at radius 1 is 1.23 bits per heavy atom. The Kier molecular flexibility index (Phi) is 7.90. The SMILES string of the molecule is CCCCCC[Si](C)(C)c1ccc(C2CCCC(O)C2)c(OC(C)=O)c1. The minimum Gasteiger partial charge on any atom is -0.426 e. The number of carbonyl (C=O) groups excluding carboxylic acids is 1. The first kappa shape index (κ1) is 21.2. The van der Waals surface area contributed by atoms with E-state index in [1.165, 1.54) is 43.8 Å². The van der Waals surface area contributed by atoms with Gasteiger partial charge in [0.15, 0.2) is 0 Å². The van der Waals surface area contributed by atoms with Gasteiger partial charge in [0.25, 0.3) is 0 Å². The van der Waals surface area contributed by atoms with Crippen molar-refractivity contribution in [2.24, 2.45) is 0 Å². The smallest absolute Gasteiger partial charge is 0.308 e. The molecule has 26 heavy (non-hydrogen) atoms. The number of hydrogen-bond acceptors (Lipinski definition) is 3. The first-order valence-corrected chi connectivity index (χ1v) is 13.5. The van der Waals surface area contributed by atoms with Crippen molar-refractivity contribution < 1.29 is 14.6 Å². The maximum Gasteiger partial charge on any atom is 0.308 e. The first-order valence-electron chi connectivity index (χ1n) is 10.3. The van der Waals surface area contributed by atoms with E-state index >= 15 is 0 Å². The van der Waals surface area contributed by atoms with Crippen molar-refractivity contribution in [3.63, 3.8) is 0 Å². The first-order chi connectivity index (χ1) is 12.3. The molecule has 146 valence electrons. The van der Waals surface area contributed by atoms with Crippen LogP contribution in [-0.2, 0) is 4.79 Å². The number of unbranched alkanes of at least 4 members (excludes halogenated alkanes) is 3. The molecule has 2 unspecified atom stereocenters. The molecule has 0 aromatic heterocycles. The topological polar surface area (TPSA) is 46.5 Å². The summed E-state index contributed by atoms with van der Waals surface area (Å²) in [4.78, 5) is 11.7. The average molecular weight is 377 g/mol. The zero-order chi connectivity index (χ0) is 19.2. The Labute approximate surface area is 160 Å². The van der Waals surface area contributed by atoms with E-state index in [1.807, 2.05) is 0 Å². The molecule has 0 aliphatic heterocycles. The second-order valence-corrected chi connectivity index (χ2v) is 13.4. The molecule has 2 rings (SSSR count). The molecular weight excluding hydrogens is 340 g/mol. The van der Waals surface area contributed by atoms with Crippen LogP contribution in [0.1, 0.15) is 76.7 Å². The third-order valence-corrected chi connectivity index (χ3v) is 9.27. The minimum absolute atomic E-state index is 0.233. The summed E-state index contributed by atoms with van der Waals surface area (Å²) in [6.45, 7) is 8.54. The van der Waals surface area contributed by atoms with Crippen molar-refractivity contribution in [1.29, 1.82) is 0 Å². The summed E-state index contributed by atoms with van der Waals surface area (Å²) in [6.07, 6.45) is 8.68. The monoisotopic (exact) mass is 376 g/mol. The van der Waals surface area contributed by atoms with Crippen molar-refractivity contribution in [2.45, 2.75) is 96.4 Å². The van der Waals surface area contributed by atoms with Crippen LogP contribution in [0.3, 0.4) is 0 Å². The van der Waals surface area contributed by atoms with Crippen LogP contribution >= 0.6 is 0 Å². The van der Waals surface area contributed by atoms with Gasteiger partial charge in [-0.3, -0.25) is 4.79 Å². The van der Waals surface area contributed by atoms with Crippen LogP contribution in [0.5, 0.6) is 5.75 Å². The van der Waals surface area contributed by atoms with Gasteiger partial charge in [0.2, 0.25) is 0 Å². The predicted molar refractivity (Wildman–Crippen MR) is 111 cm³/mol. The predicted octanol–water partition coefficient (Wildman–Crippen LogP) is 5.13. The molecule has 0 amide bonds. The molecule has 4 heteroatoms. The number of benzene rings is 1. The molecular formula is C22H36O3Si. The summed E-state index contributed by atoms with van der Waals surface area (Å²) in [7, 11) is -1.54. The minimum atomic E-state index is -1.54. The molecule has 3 nitrogen and oxygen atoms in total. The summed E-state index contributed by atoms with van der Waals surface area (Å²) in [5.74, 6) is 0.752. The maximum absolute atomic E-state index is 11.7. The van der Waals surface area contributed by atoms with Gasteiger partial charge in [0.1, 0.15) is 5.75 Å². The van der Waals surface area contributed by atoms with E-state index in [-0.39, 0.29) is 18.0 Å². The molecule has 1 aromatic rings. The summed E-state index contributed by atoms with van der Waals surface area (Å²) in [5, 5.41) is 11.4. The largest absolute Gasteiger partial charge is 0.426 e. The summed E-state index contributed by atoms with van der Waals surface area (Å²) >= 11 is 0. The molecule has 0 bridgehead atoms. The Bertz CT molecular complexity index is 597. The third-order valence-electron chi connectivity index (χ3n) is 5.79. The average Bonchev–Trinajstić information content (AvgIpc) is 2.58. The lowest BCUT2D eigenvalue weighted by molar-refractivity contribution is -0.131. The molecule has 1 aliphatic carbocycles. The van der Waals surface area contributed by atoms with Gasteiger partial charge in [0.05, 0.1) is 14.2 Å². The van der Waals surface area contributed by atoms with Crippen LogP contribution < -0.4 is 9.92 Å². The molecule has 1 N–H and O–H groups in total. The summed E-state index contributed by atoms with van der Waals surface area (Å²) in [6, 6.07) is 7.82. The second kappa shape index (κ2) is 9.70. The van der Waals surface area contributed by atoms with Crippen molar-refractivity contribution in [3.8, 4) is 5.75 Å². The fraction of sp³-hybridized carbons (Fsp3) is 0.682. The van der Waals surface area contributed by atoms with E-state index in [1.54, 1.807) is 0 Å². The van der Waals surface area contributed by atoms with Crippen LogP contribution in [0, 0.1) is 0 Å².